The van der Waals surface area contributed by atoms with Crippen molar-refractivity contribution < 1.29 is 0 Å². The molecule has 0 aromatic heterocycles. The molecule has 2 rings (SSSR count). The number of hydrogen-bond acceptors (Lipinski definition) is 1. The van der Waals surface area contributed by atoms with E-state index in [1.54, 1.807) is 0 Å². The lowest BCUT2D eigenvalue weighted by atomic mass is 9.97. The maximum Gasteiger partial charge on any atom is 0.00695 e. The predicted molar refractivity (Wildman–Crippen MR) is 84.5 cm³/mol. The lowest BCUT2D eigenvalue weighted by Crippen LogP contribution is -2.36. The summed E-state index contributed by atoms with van der Waals surface area (Å²) in [5, 5.41) is 3.94. The van der Waals surface area contributed by atoms with Gasteiger partial charge in [0.15, 0.2) is 0 Å². The van der Waals surface area contributed by atoms with Crippen molar-refractivity contribution in [3.05, 3.63) is 0 Å². The van der Waals surface area contributed by atoms with E-state index in [0.717, 1.165) is 18.0 Å². The Hall–Kier alpha value is -0.0400. The van der Waals surface area contributed by atoms with Crippen molar-refractivity contribution in [2.45, 2.75) is 109 Å². The molecule has 112 valence electrons. The third kappa shape index (κ3) is 7.34. The van der Waals surface area contributed by atoms with E-state index in [4.69, 9.17) is 0 Å². The summed E-state index contributed by atoms with van der Waals surface area (Å²) in [6.45, 7) is 2.41. The van der Waals surface area contributed by atoms with Gasteiger partial charge >= 0.3 is 0 Å². The second-order valence-corrected chi connectivity index (χ2v) is 7.20. The zero-order chi connectivity index (χ0) is 13.3. The van der Waals surface area contributed by atoms with Crippen LogP contribution in [0.15, 0.2) is 0 Å². The molecule has 1 N–H and O–H groups in total. The molecule has 2 fully saturated rings. The molecule has 1 atom stereocenters. The number of hydrogen-bond donors (Lipinski definition) is 1. The van der Waals surface area contributed by atoms with Crippen LogP contribution in [0.4, 0.5) is 0 Å². The first-order valence-electron chi connectivity index (χ1n) is 9.10. The maximum absolute atomic E-state index is 3.94. The van der Waals surface area contributed by atoms with E-state index in [1.807, 2.05) is 0 Å². The fourth-order valence-electron chi connectivity index (χ4n) is 3.65. The van der Waals surface area contributed by atoms with Crippen LogP contribution in [0, 0.1) is 5.92 Å². The van der Waals surface area contributed by atoms with E-state index in [0.29, 0.717) is 0 Å². The Morgan fingerprint density at radius 3 is 1.68 bits per heavy atom. The maximum atomic E-state index is 3.94. The Labute approximate surface area is 120 Å². The van der Waals surface area contributed by atoms with Crippen molar-refractivity contribution in [2.24, 2.45) is 5.92 Å². The van der Waals surface area contributed by atoms with Crippen molar-refractivity contribution in [3.8, 4) is 0 Å². The lowest BCUT2D eigenvalue weighted by Gasteiger charge is -2.24. The fraction of sp³-hybridized carbons (Fsp3) is 1.00. The standard InChI is InChI=1S/C18H35N/c1-16(15-17-13-14-17)19-18-11-9-7-5-3-2-4-6-8-10-12-18/h16-19H,2-15H2,1H3. The van der Waals surface area contributed by atoms with Gasteiger partial charge in [-0.3, -0.25) is 0 Å². The van der Waals surface area contributed by atoms with Gasteiger partial charge in [-0.05, 0) is 32.1 Å². The highest BCUT2D eigenvalue weighted by Gasteiger charge is 2.24. The third-order valence-electron chi connectivity index (χ3n) is 5.01. The first-order chi connectivity index (χ1) is 9.34. The van der Waals surface area contributed by atoms with Gasteiger partial charge in [-0.25, -0.2) is 0 Å². The smallest absolute Gasteiger partial charge is 0.00695 e. The topological polar surface area (TPSA) is 12.0 Å². The minimum Gasteiger partial charge on any atom is -0.311 e. The molecule has 0 aromatic rings. The van der Waals surface area contributed by atoms with E-state index < -0.39 is 0 Å². The molecular formula is C18H35N. The highest BCUT2D eigenvalue weighted by molar-refractivity contribution is 4.80. The summed E-state index contributed by atoms with van der Waals surface area (Å²) < 4.78 is 0. The van der Waals surface area contributed by atoms with Gasteiger partial charge in [0.2, 0.25) is 0 Å². The SMILES string of the molecule is CC(CC1CC1)NC1CCCCCCCCCCC1. The Kier molecular flexibility index (Phi) is 7.27. The van der Waals surface area contributed by atoms with Crippen molar-refractivity contribution in [2.75, 3.05) is 0 Å². The minimum atomic E-state index is 0.755. The molecule has 0 amide bonds. The minimum absolute atomic E-state index is 0.755. The predicted octanol–water partition coefficient (Wildman–Crippen LogP) is 5.44. The number of nitrogens with one attached hydrogen (secondary N) is 1. The second-order valence-electron chi connectivity index (χ2n) is 7.20. The fourth-order valence-corrected chi connectivity index (χ4v) is 3.65. The molecule has 2 aliphatic carbocycles. The summed E-state index contributed by atoms with van der Waals surface area (Å²) in [6.07, 6.45) is 20.5. The molecule has 1 unspecified atom stereocenters. The molecule has 0 heterocycles. The molecule has 0 aromatic carbocycles. The Balaban J connectivity index is 1.67. The average Bonchev–Trinajstić information content (AvgIpc) is 3.16. The van der Waals surface area contributed by atoms with Crippen LogP contribution in [0.25, 0.3) is 0 Å². The van der Waals surface area contributed by atoms with Gasteiger partial charge in [-0.1, -0.05) is 70.6 Å². The van der Waals surface area contributed by atoms with Gasteiger partial charge in [-0.15, -0.1) is 0 Å². The molecule has 2 aliphatic rings. The zero-order valence-corrected chi connectivity index (χ0v) is 13.1. The van der Waals surface area contributed by atoms with Crippen molar-refractivity contribution in [1.29, 1.82) is 0 Å². The molecule has 0 radical (unpaired) electrons. The summed E-state index contributed by atoms with van der Waals surface area (Å²) >= 11 is 0. The van der Waals surface area contributed by atoms with Crippen LogP contribution in [0.2, 0.25) is 0 Å². The Morgan fingerprint density at radius 2 is 1.21 bits per heavy atom. The summed E-state index contributed by atoms with van der Waals surface area (Å²) in [6, 6.07) is 1.57. The van der Waals surface area contributed by atoms with E-state index in [9.17, 15) is 0 Å². The van der Waals surface area contributed by atoms with Crippen LogP contribution in [-0.2, 0) is 0 Å². The van der Waals surface area contributed by atoms with Crippen molar-refractivity contribution in [3.63, 3.8) is 0 Å². The van der Waals surface area contributed by atoms with Crippen LogP contribution in [0.5, 0.6) is 0 Å². The molecule has 2 saturated carbocycles. The van der Waals surface area contributed by atoms with Gasteiger partial charge in [0.05, 0.1) is 0 Å². The van der Waals surface area contributed by atoms with E-state index in [2.05, 4.69) is 12.2 Å². The van der Waals surface area contributed by atoms with Crippen LogP contribution in [-0.4, -0.2) is 12.1 Å². The van der Waals surface area contributed by atoms with Gasteiger partial charge in [-0.2, -0.15) is 0 Å². The van der Waals surface area contributed by atoms with Gasteiger partial charge < -0.3 is 5.32 Å². The highest BCUT2D eigenvalue weighted by atomic mass is 14.9. The molecule has 0 aliphatic heterocycles. The molecule has 0 spiro atoms. The first-order valence-corrected chi connectivity index (χ1v) is 9.10. The highest BCUT2D eigenvalue weighted by Crippen LogP contribution is 2.33. The number of rotatable bonds is 4. The quantitative estimate of drug-likeness (QED) is 0.714. The van der Waals surface area contributed by atoms with E-state index in [1.165, 1.54) is 89.9 Å². The first kappa shape index (κ1) is 15.4. The van der Waals surface area contributed by atoms with Gasteiger partial charge in [0.1, 0.15) is 0 Å². The monoisotopic (exact) mass is 265 g/mol. The van der Waals surface area contributed by atoms with Crippen LogP contribution < -0.4 is 5.32 Å². The molecule has 1 heteroatoms. The molecule has 19 heavy (non-hydrogen) atoms. The molecule has 0 bridgehead atoms. The third-order valence-corrected chi connectivity index (χ3v) is 5.01. The Bertz CT molecular complexity index is 210. The summed E-state index contributed by atoms with van der Waals surface area (Å²) in [5.41, 5.74) is 0. The van der Waals surface area contributed by atoms with Crippen LogP contribution >= 0.6 is 0 Å². The van der Waals surface area contributed by atoms with E-state index in [-0.39, 0.29) is 0 Å². The summed E-state index contributed by atoms with van der Waals surface area (Å²) in [7, 11) is 0. The summed E-state index contributed by atoms with van der Waals surface area (Å²) in [5.74, 6) is 1.06. The van der Waals surface area contributed by atoms with Gasteiger partial charge in [0.25, 0.3) is 0 Å². The Morgan fingerprint density at radius 1 is 0.737 bits per heavy atom. The molecule has 1 nitrogen and oxygen atoms in total. The van der Waals surface area contributed by atoms with Crippen molar-refractivity contribution >= 4 is 0 Å². The lowest BCUT2D eigenvalue weighted by molar-refractivity contribution is 0.356. The normalized spacial score (nSPS) is 26.4. The molecular weight excluding hydrogens is 230 g/mol. The van der Waals surface area contributed by atoms with Crippen LogP contribution in [0.1, 0.15) is 96.8 Å². The molecule has 0 saturated heterocycles. The summed E-state index contributed by atoms with van der Waals surface area (Å²) in [4.78, 5) is 0. The van der Waals surface area contributed by atoms with Gasteiger partial charge in [0, 0.05) is 12.1 Å². The average molecular weight is 265 g/mol. The zero-order valence-electron chi connectivity index (χ0n) is 13.1. The second kappa shape index (κ2) is 9.00. The van der Waals surface area contributed by atoms with Crippen molar-refractivity contribution in [1.82, 2.24) is 5.32 Å². The van der Waals surface area contributed by atoms with E-state index >= 15 is 0 Å². The van der Waals surface area contributed by atoms with Crippen LogP contribution in [0.3, 0.4) is 0 Å². The largest absolute Gasteiger partial charge is 0.311 e.